The van der Waals surface area contributed by atoms with Crippen LogP contribution in [0.4, 0.5) is 0 Å². The van der Waals surface area contributed by atoms with Crippen LogP contribution in [-0.4, -0.2) is 14.8 Å². The lowest BCUT2D eigenvalue weighted by molar-refractivity contribution is 0.484. The summed E-state index contributed by atoms with van der Waals surface area (Å²) in [6, 6.07) is 8.74. The molecule has 2 aromatic rings. The van der Waals surface area contributed by atoms with E-state index in [-0.39, 0.29) is 0 Å². The number of fused-ring (bicyclic) bond motifs is 1. The number of halogens is 1. The number of nitrogens with zero attached hydrogens (tertiary/aromatic N) is 3. The maximum Gasteiger partial charge on any atom is 0.147 e. The van der Waals surface area contributed by atoms with E-state index in [0.29, 0.717) is 6.04 Å². The molecule has 0 aliphatic carbocycles. The van der Waals surface area contributed by atoms with Crippen molar-refractivity contribution in [3.8, 4) is 0 Å². The van der Waals surface area contributed by atoms with Gasteiger partial charge < -0.3 is 9.88 Å². The minimum Gasteiger partial charge on any atom is -0.314 e. The van der Waals surface area contributed by atoms with Crippen molar-refractivity contribution in [3.63, 3.8) is 0 Å². The van der Waals surface area contributed by atoms with Crippen LogP contribution in [0.5, 0.6) is 0 Å². The number of hydrogen-bond donors (Lipinski definition) is 1. The van der Waals surface area contributed by atoms with Gasteiger partial charge in [-0.25, -0.2) is 0 Å². The molecule has 0 saturated heterocycles. The molecule has 0 saturated carbocycles. The van der Waals surface area contributed by atoms with Crippen LogP contribution in [0.2, 0.25) is 0 Å². The van der Waals surface area contributed by atoms with Crippen molar-refractivity contribution >= 4 is 15.9 Å². The quantitative estimate of drug-likeness (QED) is 0.933. The SMILES string of the molecule is C[C@@H](NCc1nnc2n1CCCC2)c1ccc(Br)cc1. The Balaban J connectivity index is 1.64. The van der Waals surface area contributed by atoms with Crippen molar-refractivity contribution in [1.29, 1.82) is 0 Å². The molecular formula is C15H19BrN4. The summed E-state index contributed by atoms with van der Waals surface area (Å²) in [4.78, 5) is 0. The van der Waals surface area contributed by atoms with Gasteiger partial charge in [-0.1, -0.05) is 28.1 Å². The highest BCUT2D eigenvalue weighted by molar-refractivity contribution is 9.10. The Hall–Kier alpha value is -1.20. The summed E-state index contributed by atoms with van der Waals surface area (Å²) in [6.45, 7) is 4.01. The molecule has 1 N–H and O–H groups in total. The molecule has 1 aromatic carbocycles. The number of rotatable bonds is 4. The lowest BCUT2D eigenvalue weighted by Crippen LogP contribution is -2.22. The molecule has 1 aromatic heterocycles. The lowest BCUT2D eigenvalue weighted by Gasteiger charge is -2.17. The molecular weight excluding hydrogens is 316 g/mol. The molecule has 0 spiro atoms. The van der Waals surface area contributed by atoms with Gasteiger partial charge in [-0.15, -0.1) is 10.2 Å². The summed E-state index contributed by atoms with van der Waals surface area (Å²) in [6.07, 6.45) is 3.54. The van der Waals surface area contributed by atoms with Gasteiger partial charge in [0, 0.05) is 23.5 Å². The summed E-state index contributed by atoms with van der Waals surface area (Å²) in [5.41, 5.74) is 1.28. The van der Waals surface area contributed by atoms with Crippen molar-refractivity contribution in [2.75, 3.05) is 0 Å². The van der Waals surface area contributed by atoms with E-state index in [1.54, 1.807) is 0 Å². The molecule has 1 atom stereocenters. The van der Waals surface area contributed by atoms with E-state index in [1.165, 1.54) is 18.4 Å². The molecule has 5 heteroatoms. The Labute approximate surface area is 127 Å². The van der Waals surface area contributed by atoms with Crippen molar-refractivity contribution < 1.29 is 0 Å². The molecule has 106 valence electrons. The topological polar surface area (TPSA) is 42.7 Å². The Kier molecular flexibility index (Phi) is 4.17. The molecule has 0 amide bonds. The van der Waals surface area contributed by atoms with Crippen LogP contribution in [0, 0.1) is 0 Å². The predicted molar refractivity (Wildman–Crippen MR) is 82.4 cm³/mol. The van der Waals surface area contributed by atoms with E-state index in [9.17, 15) is 0 Å². The third-order valence-electron chi connectivity index (χ3n) is 3.87. The number of benzene rings is 1. The number of aromatic nitrogens is 3. The zero-order valence-corrected chi connectivity index (χ0v) is 13.2. The Morgan fingerprint density at radius 2 is 2.05 bits per heavy atom. The highest BCUT2D eigenvalue weighted by Gasteiger charge is 2.16. The third kappa shape index (κ3) is 2.94. The van der Waals surface area contributed by atoms with Gasteiger partial charge in [0.1, 0.15) is 11.6 Å². The van der Waals surface area contributed by atoms with E-state index in [0.717, 1.165) is 35.6 Å². The average molecular weight is 335 g/mol. The summed E-state index contributed by atoms with van der Waals surface area (Å²) >= 11 is 3.46. The molecule has 3 rings (SSSR count). The van der Waals surface area contributed by atoms with Gasteiger partial charge in [-0.3, -0.25) is 0 Å². The largest absolute Gasteiger partial charge is 0.314 e. The fourth-order valence-corrected chi connectivity index (χ4v) is 2.88. The smallest absolute Gasteiger partial charge is 0.147 e. The van der Waals surface area contributed by atoms with Crippen molar-refractivity contribution in [3.05, 3.63) is 46.0 Å². The fraction of sp³-hybridized carbons (Fsp3) is 0.467. The van der Waals surface area contributed by atoms with Crippen molar-refractivity contribution in [2.24, 2.45) is 0 Å². The Morgan fingerprint density at radius 1 is 1.25 bits per heavy atom. The molecule has 2 heterocycles. The van der Waals surface area contributed by atoms with E-state index in [1.807, 2.05) is 0 Å². The van der Waals surface area contributed by atoms with Crippen molar-refractivity contribution in [1.82, 2.24) is 20.1 Å². The first-order valence-electron chi connectivity index (χ1n) is 7.14. The monoisotopic (exact) mass is 334 g/mol. The molecule has 1 aliphatic heterocycles. The Morgan fingerprint density at radius 3 is 2.85 bits per heavy atom. The highest BCUT2D eigenvalue weighted by Crippen LogP contribution is 2.18. The van der Waals surface area contributed by atoms with Gasteiger partial charge >= 0.3 is 0 Å². The van der Waals surface area contributed by atoms with E-state index < -0.39 is 0 Å². The maximum atomic E-state index is 4.32. The van der Waals surface area contributed by atoms with Crippen LogP contribution in [0.1, 0.15) is 43.0 Å². The van der Waals surface area contributed by atoms with Gasteiger partial charge in [0.2, 0.25) is 0 Å². The first kappa shape index (κ1) is 13.8. The minimum atomic E-state index is 0.305. The van der Waals surface area contributed by atoms with Gasteiger partial charge in [0.25, 0.3) is 0 Å². The molecule has 0 radical (unpaired) electrons. The van der Waals surface area contributed by atoms with Crippen LogP contribution in [0.25, 0.3) is 0 Å². The minimum absolute atomic E-state index is 0.305. The first-order chi connectivity index (χ1) is 9.74. The standard InChI is InChI=1S/C15H19BrN4/c1-11(12-5-7-13(16)8-6-12)17-10-15-19-18-14-4-2-3-9-20(14)15/h5-8,11,17H,2-4,9-10H2,1H3/t11-/m1/s1. The molecule has 0 bridgehead atoms. The molecule has 20 heavy (non-hydrogen) atoms. The lowest BCUT2D eigenvalue weighted by atomic mass is 10.1. The summed E-state index contributed by atoms with van der Waals surface area (Å²) in [5, 5.41) is 12.1. The zero-order chi connectivity index (χ0) is 13.9. The van der Waals surface area contributed by atoms with Crippen molar-refractivity contribution in [2.45, 2.75) is 45.3 Å². The second-order valence-electron chi connectivity index (χ2n) is 5.30. The zero-order valence-electron chi connectivity index (χ0n) is 11.6. The molecule has 0 unspecified atom stereocenters. The number of aryl methyl sites for hydroxylation is 1. The molecule has 0 fully saturated rings. The van der Waals surface area contributed by atoms with Gasteiger partial charge in [0.15, 0.2) is 0 Å². The second kappa shape index (κ2) is 6.06. The average Bonchev–Trinajstić information content (AvgIpc) is 2.89. The number of nitrogens with one attached hydrogen (secondary N) is 1. The molecule has 4 nitrogen and oxygen atoms in total. The summed E-state index contributed by atoms with van der Waals surface area (Å²) < 4.78 is 3.38. The van der Waals surface area contributed by atoms with Gasteiger partial charge in [-0.05, 0) is 37.5 Å². The van der Waals surface area contributed by atoms with E-state index in [2.05, 4.69) is 67.2 Å². The molecule has 1 aliphatic rings. The van der Waals surface area contributed by atoms with Gasteiger partial charge in [-0.2, -0.15) is 0 Å². The predicted octanol–water partition coefficient (Wildman–Crippen LogP) is 3.23. The first-order valence-corrected chi connectivity index (χ1v) is 7.93. The van der Waals surface area contributed by atoms with E-state index >= 15 is 0 Å². The van der Waals surface area contributed by atoms with Crippen LogP contribution in [0.3, 0.4) is 0 Å². The maximum absolute atomic E-state index is 4.32. The number of hydrogen-bond acceptors (Lipinski definition) is 3. The Bertz CT molecular complexity index is 576. The summed E-state index contributed by atoms with van der Waals surface area (Å²) in [7, 11) is 0. The van der Waals surface area contributed by atoms with Gasteiger partial charge in [0.05, 0.1) is 6.54 Å². The van der Waals surface area contributed by atoms with Crippen LogP contribution in [-0.2, 0) is 19.5 Å². The second-order valence-corrected chi connectivity index (χ2v) is 6.21. The normalized spacial score (nSPS) is 15.9. The summed E-state index contributed by atoms with van der Waals surface area (Å²) in [5.74, 6) is 2.20. The van der Waals surface area contributed by atoms with Crippen LogP contribution < -0.4 is 5.32 Å². The third-order valence-corrected chi connectivity index (χ3v) is 4.40. The van der Waals surface area contributed by atoms with Crippen LogP contribution >= 0.6 is 15.9 Å². The fourth-order valence-electron chi connectivity index (χ4n) is 2.61. The van der Waals surface area contributed by atoms with Crippen LogP contribution in [0.15, 0.2) is 28.7 Å². The highest BCUT2D eigenvalue weighted by atomic mass is 79.9. The van der Waals surface area contributed by atoms with E-state index in [4.69, 9.17) is 0 Å².